The number of hydrogen-bond donors (Lipinski definition) is 2. The van der Waals surface area contributed by atoms with Crippen molar-refractivity contribution in [1.29, 1.82) is 0 Å². The van der Waals surface area contributed by atoms with E-state index >= 15 is 0 Å². The summed E-state index contributed by atoms with van der Waals surface area (Å²) in [5, 5.41) is 5.88. The molecule has 0 aliphatic carbocycles. The van der Waals surface area contributed by atoms with Gasteiger partial charge in [-0.2, -0.15) is 0 Å². The van der Waals surface area contributed by atoms with Crippen molar-refractivity contribution in [2.45, 2.75) is 19.9 Å². The Labute approximate surface area is 130 Å². The number of halogens is 1. The SMILES string of the molecule is Cc1ccc(CNCC(=O)NCCc2ccccc2F)cc1. The molecule has 0 atom stereocenters. The quantitative estimate of drug-likeness (QED) is 0.825. The van der Waals surface area contributed by atoms with Crippen molar-refractivity contribution in [3.05, 3.63) is 71.0 Å². The molecule has 2 aromatic carbocycles. The minimum absolute atomic E-state index is 0.0801. The summed E-state index contributed by atoms with van der Waals surface area (Å²) in [6.45, 7) is 3.39. The van der Waals surface area contributed by atoms with Gasteiger partial charge >= 0.3 is 0 Å². The lowest BCUT2D eigenvalue weighted by molar-refractivity contribution is -0.120. The molecule has 0 aliphatic rings. The molecule has 116 valence electrons. The number of aryl methyl sites for hydroxylation is 1. The summed E-state index contributed by atoms with van der Waals surface area (Å²) in [7, 11) is 0. The molecule has 0 fully saturated rings. The summed E-state index contributed by atoms with van der Waals surface area (Å²) in [6.07, 6.45) is 0.496. The van der Waals surface area contributed by atoms with Gasteiger partial charge in [-0.15, -0.1) is 0 Å². The Balaban J connectivity index is 1.64. The number of carbonyl (C=O) groups is 1. The monoisotopic (exact) mass is 300 g/mol. The lowest BCUT2D eigenvalue weighted by Gasteiger charge is -2.08. The predicted molar refractivity (Wildman–Crippen MR) is 86.0 cm³/mol. The molecule has 2 rings (SSSR count). The molecule has 3 nitrogen and oxygen atoms in total. The Morgan fingerprint density at radius 2 is 1.82 bits per heavy atom. The lowest BCUT2D eigenvalue weighted by atomic mass is 10.1. The van der Waals surface area contributed by atoms with Crippen LogP contribution in [0.15, 0.2) is 48.5 Å². The van der Waals surface area contributed by atoms with Crippen molar-refractivity contribution in [3.63, 3.8) is 0 Å². The normalized spacial score (nSPS) is 10.5. The summed E-state index contributed by atoms with van der Waals surface area (Å²) in [5.41, 5.74) is 2.98. The van der Waals surface area contributed by atoms with Gasteiger partial charge in [0.15, 0.2) is 0 Å². The molecule has 1 amide bonds. The molecular weight excluding hydrogens is 279 g/mol. The van der Waals surface area contributed by atoms with Crippen molar-refractivity contribution in [1.82, 2.24) is 10.6 Å². The molecule has 0 aromatic heterocycles. The van der Waals surface area contributed by atoms with Gasteiger partial charge in [0.1, 0.15) is 5.82 Å². The first-order valence-electron chi connectivity index (χ1n) is 7.41. The largest absolute Gasteiger partial charge is 0.355 e. The third-order valence-corrected chi connectivity index (χ3v) is 3.41. The van der Waals surface area contributed by atoms with Gasteiger partial charge in [-0.25, -0.2) is 4.39 Å². The zero-order valence-corrected chi connectivity index (χ0v) is 12.7. The van der Waals surface area contributed by atoms with Crippen LogP contribution in [-0.4, -0.2) is 19.0 Å². The van der Waals surface area contributed by atoms with Gasteiger partial charge in [0.05, 0.1) is 6.54 Å². The fourth-order valence-electron chi connectivity index (χ4n) is 2.13. The van der Waals surface area contributed by atoms with E-state index in [0.29, 0.717) is 25.1 Å². The molecular formula is C18H21FN2O. The number of hydrogen-bond acceptors (Lipinski definition) is 2. The predicted octanol–water partition coefficient (Wildman–Crippen LogP) is 2.58. The van der Waals surface area contributed by atoms with Crippen molar-refractivity contribution >= 4 is 5.91 Å². The first-order valence-corrected chi connectivity index (χ1v) is 7.41. The topological polar surface area (TPSA) is 41.1 Å². The third-order valence-electron chi connectivity index (χ3n) is 3.41. The maximum absolute atomic E-state index is 13.4. The Morgan fingerprint density at radius 3 is 2.55 bits per heavy atom. The van der Waals surface area contributed by atoms with Crippen molar-refractivity contribution in [3.8, 4) is 0 Å². The third kappa shape index (κ3) is 5.30. The Bertz CT molecular complexity index is 611. The average molecular weight is 300 g/mol. The average Bonchev–Trinajstić information content (AvgIpc) is 2.51. The van der Waals surface area contributed by atoms with E-state index in [0.717, 1.165) is 5.56 Å². The molecule has 0 aliphatic heterocycles. The molecule has 0 unspecified atom stereocenters. The zero-order chi connectivity index (χ0) is 15.8. The molecule has 0 saturated carbocycles. The summed E-state index contributed by atoms with van der Waals surface area (Å²) >= 11 is 0. The van der Waals surface area contributed by atoms with Crippen LogP contribution in [0.2, 0.25) is 0 Å². The van der Waals surface area contributed by atoms with Crippen molar-refractivity contribution in [2.24, 2.45) is 0 Å². The Morgan fingerprint density at radius 1 is 1.09 bits per heavy atom. The van der Waals surface area contributed by atoms with E-state index in [2.05, 4.69) is 10.6 Å². The van der Waals surface area contributed by atoms with Crippen LogP contribution in [0.25, 0.3) is 0 Å². The number of benzene rings is 2. The number of rotatable bonds is 7. The number of nitrogens with one attached hydrogen (secondary N) is 2. The number of carbonyl (C=O) groups excluding carboxylic acids is 1. The minimum Gasteiger partial charge on any atom is -0.355 e. The van der Waals surface area contributed by atoms with Gasteiger partial charge in [-0.1, -0.05) is 48.0 Å². The van der Waals surface area contributed by atoms with E-state index in [9.17, 15) is 9.18 Å². The highest BCUT2D eigenvalue weighted by atomic mass is 19.1. The van der Waals surface area contributed by atoms with Gasteiger partial charge in [-0.3, -0.25) is 4.79 Å². The second kappa shape index (κ2) is 8.29. The van der Waals surface area contributed by atoms with E-state index in [-0.39, 0.29) is 18.3 Å². The van der Waals surface area contributed by atoms with Gasteiger partial charge in [0.2, 0.25) is 5.91 Å². The number of amides is 1. The highest BCUT2D eigenvalue weighted by Crippen LogP contribution is 2.06. The maximum Gasteiger partial charge on any atom is 0.233 e. The fraction of sp³-hybridized carbons (Fsp3) is 0.278. The van der Waals surface area contributed by atoms with Crippen LogP contribution < -0.4 is 10.6 Å². The second-order valence-corrected chi connectivity index (χ2v) is 5.28. The standard InChI is InChI=1S/C18H21FN2O/c1-14-6-8-15(9-7-14)12-20-13-18(22)21-11-10-16-4-2-3-5-17(16)19/h2-9,20H,10-13H2,1H3,(H,21,22). The van der Waals surface area contributed by atoms with E-state index < -0.39 is 0 Å². The van der Waals surface area contributed by atoms with Crippen LogP contribution in [0.1, 0.15) is 16.7 Å². The summed E-state index contributed by atoms with van der Waals surface area (Å²) in [5.74, 6) is -0.308. The Kier molecular flexibility index (Phi) is 6.10. The summed E-state index contributed by atoms with van der Waals surface area (Å²) in [6, 6.07) is 14.8. The molecule has 0 radical (unpaired) electrons. The van der Waals surface area contributed by atoms with E-state index in [4.69, 9.17) is 0 Å². The molecule has 2 aromatic rings. The zero-order valence-electron chi connectivity index (χ0n) is 12.7. The minimum atomic E-state index is -0.228. The lowest BCUT2D eigenvalue weighted by Crippen LogP contribution is -2.34. The van der Waals surface area contributed by atoms with Crippen LogP contribution in [0.3, 0.4) is 0 Å². The van der Waals surface area contributed by atoms with E-state index in [1.807, 2.05) is 31.2 Å². The van der Waals surface area contributed by atoms with Crippen LogP contribution in [0, 0.1) is 12.7 Å². The van der Waals surface area contributed by atoms with Crippen LogP contribution in [0.4, 0.5) is 4.39 Å². The first kappa shape index (κ1) is 16.2. The molecule has 0 spiro atoms. The van der Waals surface area contributed by atoms with Crippen LogP contribution in [0.5, 0.6) is 0 Å². The first-order chi connectivity index (χ1) is 10.6. The van der Waals surface area contributed by atoms with Gasteiger partial charge in [0, 0.05) is 13.1 Å². The Hall–Kier alpha value is -2.20. The smallest absolute Gasteiger partial charge is 0.233 e. The van der Waals surface area contributed by atoms with E-state index in [1.165, 1.54) is 11.6 Å². The molecule has 0 saturated heterocycles. The highest BCUT2D eigenvalue weighted by molar-refractivity contribution is 5.77. The molecule has 0 heterocycles. The molecule has 4 heteroatoms. The van der Waals surface area contributed by atoms with Crippen LogP contribution >= 0.6 is 0 Å². The molecule has 0 bridgehead atoms. The van der Waals surface area contributed by atoms with Crippen molar-refractivity contribution in [2.75, 3.05) is 13.1 Å². The van der Waals surface area contributed by atoms with Gasteiger partial charge < -0.3 is 10.6 Å². The maximum atomic E-state index is 13.4. The summed E-state index contributed by atoms with van der Waals surface area (Å²) < 4.78 is 13.4. The van der Waals surface area contributed by atoms with Gasteiger partial charge in [0.25, 0.3) is 0 Å². The van der Waals surface area contributed by atoms with Crippen LogP contribution in [-0.2, 0) is 17.8 Å². The second-order valence-electron chi connectivity index (χ2n) is 5.28. The van der Waals surface area contributed by atoms with E-state index in [1.54, 1.807) is 18.2 Å². The summed E-state index contributed by atoms with van der Waals surface area (Å²) in [4.78, 5) is 11.7. The van der Waals surface area contributed by atoms with Crippen molar-refractivity contribution < 1.29 is 9.18 Å². The molecule has 2 N–H and O–H groups in total. The molecule has 22 heavy (non-hydrogen) atoms. The highest BCUT2D eigenvalue weighted by Gasteiger charge is 2.03. The van der Waals surface area contributed by atoms with Gasteiger partial charge in [-0.05, 0) is 30.5 Å². The fourth-order valence-corrected chi connectivity index (χ4v) is 2.13.